The van der Waals surface area contributed by atoms with Crippen molar-refractivity contribution in [3.63, 3.8) is 0 Å². The molecular formula is C23H27N3O4. The molecule has 0 radical (unpaired) electrons. The van der Waals surface area contributed by atoms with Gasteiger partial charge in [0.05, 0.1) is 18.4 Å². The number of amides is 1. The fourth-order valence-electron chi connectivity index (χ4n) is 3.67. The first-order valence-electron chi connectivity index (χ1n) is 10.1. The second-order valence-electron chi connectivity index (χ2n) is 7.01. The Bertz CT molecular complexity index is 938. The van der Waals surface area contributed by atoms with Crippen molar-refractivity contribution < 1.29 is 19.4 Å². The van der Waals surface area contributed by atoms with E-state index in [1.165, 1.54) is 12.0 Å². The minimum absolute atomic E-state index is 0.0477. The molecule has 1 aromatic carbocycles. The third-order valence-electron chi connectivity index (χ3n) is 5.40. The molecule has 2 heterocycles. The molecule has 7 nitrogen and oxygen atoms in total. The predicted octanol–water partition coefficient (Wildman–Crippen LogP) is 2.85. The molecule has 30 heavy (non-hydrogen) atoms. The van der Waals surface area contributed by atoms with Crippen molar-refractivity contribution in [2.75, 3.05) is 33.3 Å². The summed E-state index contributed by atoms with van der Waals surface area (Å²) in [6.07, 6.45) is 1.62. The predicted molar refractivity (Wildman–Crippen MR) is 114 cm³/mol. The van der Waals surface area contributed by atoms with E-state index in [1.807, 2.05) is 0 Å². The molecule has 1 atom stereocenters. The Labute approximate surface area is 176 Å². The van der Waals surface area contributed by atoms with Crippen LogP contribution in [0.1, 0.15) is 31.1 Å². The standard InChI is InChI=1S/C23H27N3O4/c1-4-25(5-2)13-14-26-20(18-11-6-7-12-24-18)19(22(28)23(26)29)21(27)16-9-8-10-17(15-16)30-3/h6-12,15,20,27H,4-5,13-14H2,1-3H3/b21-19+/t20-/m0/s1. The summed E-state index contributed by atoms with van der Waals surface area (Å²) in [6.45, 7) is 6.79. The van der Waals surface area contributed by atoms with Crippen LogP contribution in [0, 0.1) is 0 Å². The van der Waals surface area contributed by atoms with Crippen LogP contribution in [0.3, 0.4) is 0 Å². The van der Waals surface area contributed by atoms with E-state index in [0.717, 1.165) is 13.1 Å². The Balaban J connectivity index is 2.08. The van der Waals surface area contributed by atoms with Crippen LogP contribution in [0.15, 0.2) is 54.2 Å². The average Bonchev–Trinajstić information content (AvgIpc) is 3.04. The highest BCUT2D eigenvalue weighted by Gasteiger charge is 2.46. The van der Waals surface area contributed by atoms with Crippen LogP contribution in [0.4, 0.5) is 0 Å². The van der Waals surface area contributed by atoms with Gasteiger partial charge in [0.2, 0.25) is 0 Å². The molecule has 1 aromatic heterocycles. The zero-order valence-corrected chi connectivity index (χ0v) is 17.5. The maximum absolute atomic E-state index is 13.0. The van der Waals surface area contributed by atoms with E-state index in [9.17, 15) is 14.7 Å². The number of methoxy groups -OCH3 is 1. The number of ether oxygens (including phenoxy) is 1. The Kier molecular flexibility index (Phi) is 6.84. The fourth-order valence-corrected chi connectivity index (χ4v) is 3.67. The molecule has 0 saturated carbocycles. The number of likely N-dealkylation sites (N-methyl/N-ethyl adjacent to an activating group) is 1. The zero-order valence-electron chi connectivity index (χ0n) is 17.5. The Morgan fingerprint density at radius 3 is 2.57 bits per heavy atom. The number of ketones is 1. The van der Waals surface area contributed by atoms with Gasteiger partial charge in [-0.25, -0.2) is 0 Å². The quantitative estimate of drug-likeness (QED) is 0.410. The van der Waals surface area contributed by atoms with Gasteiger partial charge in [0.1, 0.15) is 17.6 Å². The Morgan fingerprint density at radius 2 is 1.93 bits per heavy atom. The van der Waals surface area contributed by atoms with Crippen molar-refractivity contribution in [2.45, 2.75) is 19.9 Å². The second kappa shape index (κ2) is 9.54. The van der Waals surface area contributed by atoms with Gasteiger partial charge in [-0.2, -0.15) is 0 Å². The number of carbonyl (C=O) groups excluding carboxylic acids is 2. The molecule has 7 heteroatoms. The number of likely N-dealkylation sites (tertiary alicyclic amines) is 1. The van der Waals surface area contributed by atoms with Gasteiger partial charge in [-0.15, -0.1) is 0 Å². The maximum Gasteiger partial charge on any atom is 0.295 e. The number of rotatable bonds is 8. The molecule has 1 fully saturated rings. The molecular weight excluding hydrogens is 382 g/mol. The topological polar surface area (TPSA) is 83.0 Å². The third-order valence-corrected chi connectivity index (χ3v) is 5.40. The number of Topliss-reactive ketones (excluding diaryl/α,β-unsaturated/α-hetero) is 1. The van der Waals surface area contributed by atoms with Crippen LogP contribution < -0.4 is 4.74 Å². The van der Waals surface area contributed by atoms with Crippen molar-refractivity contribution in [3.05, 3.63) is 65.5 Å². The van der Waals surface area contributed by atoms with E-state index < -0.39 is 17.7 Å². The van der Waals surface area contributed by atoms with Crippen molar-refractivity contribution in [3.8, 4) is 5.75 Å². The molecule has 0 spiro atoms. The largest absolute Gasteiger partial charge is 0.507 e. The molecule has 1 aliphatic heterocycles. The molecule has 0 bridgehead atoms. The van der Waals surface area contributed by atoms with Gasteiger partial charge < -0.3 is 19.6 Å². The lowest BCUT2D eigenvalue weighted by molar-refractivity contribution is -0.140. The summed E-state index contributed by atoms with van der Waals surface area (Å²) in [7, 11) is 1.53. The van der Waals surface area contributed by atoms with Crippen LogP contribution in [0.2, 0.25) is 0 Å². The highest BCUT2D eigenvalue weighted by Crippen LogP contribution is 2.38. The molecule has 1 N–H and O–H groups in total. The molecule has 1 saturated heterocycles. The van der Waals surface area contributed by atoms with Gasteiger partial charge in [0, 0.05) is 24.8 Å². The minimum Gasteiger partial charge on any atom is -0.507 e. The van der Waals surface area contributed by atoms with Crippen molar-refractivity contribution >= 4 is 17.4 Å². The molecule has 3 rings (SSSR count). The maximum atomic E-state index is 13.0. The number of aliphatic hydroxyl groups is 1. The number of hydrogen-bond acceptors (Lipinski definition) is 6. The number of carbonyl (C=O) groups is 2. The number of aliphatic hydroxyl groups excluding tert-OH is 1. The van der Waals surface area contributed by atoms with Gasteiger partial charge in [-0.1, -0.05) is 32.0 Å². The summed E-state index contributed by atoms with van der Waals surface area (Å²) in [5, 5.41) is 11.0. The van der Waals surface area contributed by atoms with Crippen LogP contribution >= 0.6 is 0 Å². The normalized spacial score (nSPS) is 18.3. The van der Waals surface area contributed by atoms with Gasteiger partial charge in [-0.3, -0.25) is 14.6 Å². The smallest absolute Gasteiger partial charge is 0.295 e. The number of aromatic nitrogens is 1. The molecule has 0 aliphatic carbocycles. The van der Waals surface area contributed by atoms with Gasteiger partial charge >= 0.3 is 0 Å². The lowest BCUT2D eigenvalue weighted by Gasteiger charge is -2.27. The van der Waals surface area contributed by atoms with Crippen LogP contribution in [-0.2, 0) is 9.59 Å². The monoisotopic (exact) mass is 409 g/mol. The first-order valence-corrected chi connectivity index (χ1v) is 10.1. The van der Waals surface area contributed by atoms with E-state index in [-0.39, 0.29) is 11.3 Å². The fraction of sp³-hybridized carbons (Fsp3) is 0.348. The van der Waals surface area contributed by atoms with Gasteiger partial charge in [0.25, 0.3) is 11.7 Å². The minimum atomic E-state index is -0.743. The number of hydrogen-bond donors (Lipinski definition) is 1. The Morgan fingerprint density at radius 1 is 1.17 bits per heavy atom. The summed E-state index contributed by atoms with van der Waals surface area (Å²) in [5.41, 5.74) is 1.00. The first kappa shape index (κ1) is 21.5. The Hall–Kier alpha value is -3.19. The van der Waals surface area contributed by atoms with E-state index in [0.29, 0.717) is 30.1 Å². The van der Waals surface area contributed by atoms with Crippen molar-refractivity contribution in [1.29, 1.82) is 0 Å². The molecule has 1 amide bonds. The SMILES string of the molecule is CCN(CC)CCN1C(=O)C(=O)/C(=C(/O)c2cccc(OC)c2)[C@@H]1c1ccccn1. The molecule has 1 aliphatic rings. The third kappa shape index (κ3) is 4.21. The van der Waals surface area contributed by atoms with E-state index in [2.05, 4.69) is 23.7 Å². The highest BCUT2D eigenvalue weighted by atomic mass is 16.5. The lowest BCUT2D eigenvalue weighted by atomic mass is 9.98. The van der Waals surface area contributed by atoms with Crippen molar-refractivity contribution in [2.24, 2.45) is 0 Å². The lowest BCUT2D eigenvalue weighted by Crippen LogP contribution is -2.38. The number of benzene rings is 1. The average molecular weight is 409 g/mol. The highest BCUT2D eigenvalue weighted by molar-refractivity contribution is 6.46. The number of pyridine rings is 1. The summed E-state index contributed by atoms with van der Waals surface area (Å²) in [6, 6.07) is 11.4. The van der Waals surface area contributed by atoms with Crippen LogP contribution in [0.5, 0.6) is 5.75 Å². The van der Waals surface area contributed by atoms with E-state index in [4.69, 9.17) is 4.74 Å². The summed E-state index contributed by atoms with van der Waals surface area (Å²) >= 11 is 0. The van der Waals surface area contributed by atoms with Gasteiger partial charge in [-0.05, 0) is 37.4 Å². The zero-order chi connectivity index (χ0) is 21.7. The van der Waals surface area contributed by atoms with Crippen molar-refractivity contribution in [1.82, 2.24) is 14.8 Å². The van der Waals surface area contributed by atoms with Gasteiger partial charge in [0.15, 0.2) is 0 Å². The molecule has 158 valence electrons. The first-order chi connectivity index (χ1) is 14.5. The summed E-state index contributed by atoms with van der Waals surface area (Å²) < 4.78 is 5.22. The van der Waals surface area contributed by atoms with Crippen LogP contribution in [0.25, 0.3) is 5.76 Å². The molecule has 0 unspecified atom stereocenters. The second-order valence-corrected chi connectivity index (χ2v) is 7.01. The summed E-state index contributed by atoms with van der Waals surface area (Å²) in [4.78, 5) is 33.9. The van der Waals surface area contributed by atoms with Crippen LogP contribution in [-0.4, -0.2) is 64.9 Å². The summed E-state index contributed by atoms with van der Waals surface area (Å²) in [5.74, 6) is -1.01. The number of nitrogens with zero attached hydrogens (tertiary/aromatic N) is 3. The van der Waals surface area contributed by atoms with E-state index in [1.54, 1.807) is 48.7 Å². The molecule has 2 aromatic rings. The van der Waals surface area contributed by atoms with E-state index >= 15 is 0 Å².